The van der Waals surface area contributed by atoms with Gasteiger partial charge in [0.25, 0.3) is 0 Å². The van der Waals surface area contributed by atoms with Crippen LogP contribution in [0.2, 0.25) is 0 Å². The van der Waals surface area contributed by atoms with Gasteiger partial charge in [0, 0.05) is 7.05 Å². The highest BCUT2D eigenvalue weighted by Crippen LogP contribution is 2.18. The zero-order valence-electron chi connectivity index (χ0n) is 7.83. The van der Waals surface area contributed by atoms with Gasteiger partial charge in [0.2, 0.25) is 0 Å². The van der Waals surface area contributed by atoms with Crippen LogP contribution in [0.4, 0.5) is 5.69 Å². The van der Waals surface area contributed by atoms with Gasteiger partial charge in [-0.15, -0.1) is 0 Å². The normalized spacial score (nSPS) is 10.0. The van der Waals surface area contributed by atoms with Crippen molar-refractivity contribution in [3.8, 4) is 0 Å². The number of anilines is 1. The molecule has 1 N–H and O–H groups in total. The van der Waals surface area contributed by atoms with Crippen molar-refractivity contribution in [2.75, 3.05) is 12.1 Å². The Balaban J connectivity index is 3.03. The van der Waals surface area contributed by atoms with Gasteiger partial charge in [-0.1, -0.05) is 19.1 Å². The van der Waals surface area contributed by atoms with Gasteiger partial charge >= 0.3 is 0 Å². The Kier molecular flexibility index (Phi) is 2.71. The van der Waals surface area contributed by atoms with Crippen molar-refractivity contribution < 1.29 is 5.21 Å². The highest BCUT2D eigenvalue weighted by Gasteiger charge is 2.01. The van der Waals surface area contributed by atoms with Crippen molar-refractivity contribution in [3.63, 3.8) is 0 Å². The van der Waals surface area contributed by atoms with Crippen LogP contribution in [0.25, 0.3) is 0 Å². The van der Waals surface area contributed by atoms with Crippen LogP contribution < -0.4 is 5.06 Å². The summed E-state index contributed by atoms with van der Waals surface area (Å²) in [6, 6.07) is 6.07. The number of hydroxylamine groups is 1. The van der Waals surface area contributed by atoms with E-state index in [1.807, 2.05) is 19.1 Å². The summed E-state index contributed by atoms with van der Waals surface area (Å²) in [6.07, 6.45) is 1.04. The van der Waals surface area contributed by atoms with E-state index in [1.165, 1.54) is 5.56 Å². The molecule has 0 spiro atoms. The second kappa shape index (κ2) is 3.59. The summed E-state index contributed by atoms with van der Waals surface area (Å²) in [5.74, 6) is 0. The molecular weight excluding hydrogens is 150 g/mol. The smallest absolute Gasteiger partial charge is 0.0660 e. The SMILES string of the molecule is CCc1ccc(N(C)O)c(C)c1. The predicted molar refractivity (Wildman–Crippen MR) is 50.7 cm³/mol. The van der Waals surface area contributed by atoms with Gasteiger partial charge in [0.05, 0.1) is 5.69 Å². The third-order valence-electron chi connectivity index (χ3n) is 2.02. The highest BCUT2D eigenvalue weighted by molar-refractivity contribution is 5.51. The third-order valence-corrected chi connectivity index (χ3v) is 2.02. The molecule has 0 atom stereocenters. The van der Waals surface area contributed by atoms with Crippen molar-refractivity contribution in [2.45, 2.75) is 20.3 Å². The van der Waals surface area contributed by atoms with Crippen molar-refractivity contribution in [3.05, 3.63) is 29.3 Å². The van der Waals surface area contributed by atoms with E-state index >= 15 is 0 Å². The molecule has 2 heteroatoms. The molecule has 0 aliphatic heterocycles. The van der Waals surface area contributed by atoms with Gasteiger partial charge in [0.15, 0.2) is 0 Å². The molecule has 0 aliphatic rings. The number of aryl methyl sites for hydroxylation is 2. The molecule has 0 fully saturated rings. The average Bonchev–Trinajstić information content (AvgIpc) is 2.03. The minimum absolute atomic E-state index is 0.868. The molecule has 0 aliphatic carbocycles. The van der Waals surface area contributed by atoms with Crippen LogP contribution in [0.3, 0.4) is 0 Å². The number of benzene rings is 1. The van der Waals surface area contributed by atoms with Crippen LogP contribution in [0.15, 0.2) is 18.2 Å². The Morgan fingerprint density at radius 2 is 2.08 bits per heavy atom. The predicted octanol–water partition coefficient (Wildman–Crippen LogP) is 2.38. The lowest BCUT2D eigenvalue weighted by Gasteiger charge is -2.13. The van der Waals surface area contributed by atoms with Gasteiger partial charge in [-0.3, -0.25) is 10.3 Å². The minimum atomic E-state index is 0.868. The van der Waals surface area contributed by atoms with Gasteiger partial charge < -0.3 is 0 Å². The molecule has 0 unspecified atom stereocenters. The Labute approximate surface area is 73.4 Å². The van der Waals surface area contributed by atoms with E-state index in [2.05, 4.69) is 13.0 Å². The monoisotopic (exact) mass is 165 g/mol. The maximum Gasteiger partial charge on any atom is 0.0660 e. The van der Waals surface area contributed by atoms with Crippen LogP contribution in [0.5, 0.6) is 0 Å². The molecule has 0 saturated heterocycles. The second-order valence-electron chi connectivity index (χ2n) is 3.00. The molecule has 66 valence electrons. The summed E-state index contributed by atoms with van der Waals surface area (Å²) >= 11 is 0. The maximum atomic E-state index is 9.20. The number of hydrogen-bond donors (Lipinski definition) is 1. The number of hydrogen-bond acceptors (Lipinski definition) is 2. The van der Waals surface area contributed by atoms with E-state index in [9.17, 15) is 5.21 Å². The zero-order valence-corrected chi connectivity index (χ0v) is 7.83. The standard InChI is InChI=1S/C10H15NO/c1-4-9-5-6-10(11(3)12)8(2)7-9/h5-7,12H,4H2,1-3H3. The Morgan fingerprint density at radius 3 is 2.50 bits per heavy atom. The fourth-order valence-electron chi connectivity index (χ4n) is 1.30. The molecule has 1 aromatic carbocycles. The molecule has 12 heavy (non-hydrogen) atoms. The summed E-state index contributed by atoms with van der Waals surface area (Å²) in [6.45, 7) is 4.12. The van der Waals surface area contributed by atoms with Gasteiger partial charge in [-0.2, -0.15) is 0 Å². The van der Waals surface area contributed by atoms with Crippen LogP contribution in [0.1, 0.15) is 18.1 Å². The molecule has 2 nitrogen and oxygen atoms in total. The molecule has 0 bridgehead atoms. The third kappa shape index (κ3) is 1.77. The van der Waals surface area contributed by atoms with Crippen molar-refractivity contribution in [2.24, 2.45) is 0 Å². The van der Waals surface area contributed by atoms with E-state index in [0.717, 1.165) is 22.7 Å². The fraction of sp³-hybridized carbons (Fsp3) is 0.400. The van der Waals surface area contributed by atoms with Crippen molar-refractivity contribution in [1.82, 2.24) is 0 Å². The van der Waals surface area contributed by atoms with Gasteiger partial charge in [-0.25, -0.2) is 0 Å². The van der Waals surface area contributed by atoms with Crippen LogP contribution in [-0.4, -0.2) is 12.3 Å². The van der Waals surface area contributed by atoms with E-state index < -0.39 is 0 Å². The summed E-state index contributed by atoms with van der Waals surface area (Å²) in [5.41, 5.74) is 3.28. The lowest BCUT2D eigenvalue weighted by Crippen LogP contribution is -2.11. The molecule has 0 radical (unpaired) electrons. The topological polar surface area (TPSA) is 23.5 Å². The Hall–Kier alpha value is -1.02. The summed E-state index contributed by atoms with van der Waals surface area (Å²) in [4.78, 5) is 0. The van der Waals surface area contributed by atoms with E-state index in [0.29, 0.717) is 0 Å². The zero-order chi connectivity index (χ0) is 9.14. The molecule has 1 aromatic rings. The molecule has 0 amide bonds. The quantitative estimate of drug-likeness (QED) is 0.680. The van der Waals surface area contributed by atoms with Gasteiger partial charge in [0.1, 0.15) is 0 Å². The number of rotatable bonds is 2. The van der Waals surface area contributed by atoms with E-state index in [-0.39, 0.29) is 0 Å². The highest BCUT2D eigenvalue weighted by atomic mass is 16.5. The first kappa shape index (κ1) is 9.07. The molecule has 0 heterocycles. The van der Waals surface area contributed by atoms with Crippen molar-refractivity contribution in [1.29, 1.82) is 0 Å². The van der Waals surface area contributed by atoms with E-state index in [1.54, 1.807) is 7.05 Å². The molecular formula is C10H15NO. The first-order valence-corrected chi connectivity index (χ1v) is 4.17. The number of nitrogens with zero attached hydrogens (tertiary/aromatic N) is 1. The minimum Gasteiger partial charge on any atom is -0.289 e. The lowest BCUT2D eigenvalue weighted by atomic mass is 10.1. The Bertz CT molecular complexity index is 269. The van der Waals surface area contributed by atoms with Crippen LogP contribution >= 0.6 is 0 Å². The fourth-order valence-corrected chi connectivity index (χ4v) is 1.30. The first-order chi connectivity index (χ1) is 5.65. The van der Waals surface area contributed by atoms with Crippen molar-refractivity contribution >= 4 is 5.69 Å². The van der Waals surface area contributed by atoms with E-state index in [4.69, 9.17) is 0 Å². The average molecular weight is 165 g/mol. The van der Waals surface area contributed by atoms with Crippen LogP contribution in [-0.2, 0) is 6.42 Å². The Morgan fingerprint density at radius 1 is 1.42 bits per heavy atom. The molecule has 1 rings (SSSR count). The molecule has 0 aromatic heterocycles. The molecule has 0 saturated carbocycles. The van der Waals surface area contributed by atoms with Crippen LogP contribution in [0, 0.1) is 6.92 Å². The summed E-state index contributed by atoms with van der Waals surface area (Å²) < 4.78 is 0. The summed E-state index contributed by atoms with van der Waals surface area (Å²) in [5, 5.41) is 10.3. The largest absolute Gasteiger partial charge is 0.289 e. The first-order valence-electron chi connectivity index (χ1n) is 4.17. The van der Waals surface area contributed by atoms with Gasteiger partial charge in [-0.05, 0) is 30.5 Å². The summed E-state index contributed by atoms with van der Waals surface area (Å²) in [7, 11) is 1.63. The maximum absolute atomic E-state index is 9.20. The second-order valence-corrected chi connectivity index (χ2v) is 3.00. The lowest BCUT2D eigenvalue weighted by molar-refractivity contribution is 0.279.